The summed E-state index contributed by atoms with van der Waals surface area (Å²) in [5, 5.41) is -1.10. The van der Waals surface area contributed by atoms with Crippen molar-refractivity contribution in [3.8, 4) is 0 Å². The quantitative estimate of drug-likeness (QED) is 0.236. The van der Waals surface area contributed by atoms with Gasteiger partial charge in [0.1, 0.15) is 4.90 Å². The second-order valence-electron chi connectivity index (χ2n) is 8.29. The van der Waals surface area contributed by atoms with Crippen molar-refractivity contribution in [2.45, 2.75) is 63.5 Å². The van der Waals surface area contributed by atoms with E-state index in [1.54, 1.807) is 37.7 Å². The van der Waals surface area contributed by atoms with Gasteiger partial charge in [-0.25, -0.2) is 25.3 Å². The molecule has 0 unspecified atom stereocenters. The molecule has 0 heterocycles. The van der Waals surface area contributed by atoms with Crippen LogP contribution in [-0.2, 0) is 34.5 Å². The van der Waals surface area contributed by atoms with Crippen LogP contribution in [0.5, 0.6) is 0 Å². The fourth-order valence-corrected chi connectivity index (χ4v) is 8.38. The van der Waals surface area contributed by atoms with E-state index < -0.39 is 39.2 Å². The molecule has 0 amide bonds. The molecular formula is C25H29ClO6S4. The van der Waals surface area contributed by atoms with Crippen molar-refractivity contribution in [1.82, 2.24) is 0 Å². The summed E-state index contributed by atoms with van der Waals surface area (Å²) in [7, 11) is -5.76. The topological polar surface area (TPSA) is 102 Å². The minimum atomic E-state index is -4.06. The lowest BCUT2D eigenvalue weighted by molar-refractivity contribution is 0.581. The van der Waals surface area contributed by atoms with Crippen LogP contribution in [0.1, 0.15) is 33.3 Å². The molecular weight excluding hydrogens is 560 g/mol. The minimum Gasteiger partial charge on any atom is -0.223 e. The van der Waals surface area contributed by atoms with Crippen LogP contribution in [0, 0.1) is 0 Å². The molecule has 0 aromatic heterocycles. The van der Waals surface area contributed by atoms with E-state index >= 15 is 0 Å². The molecule has 0 spiro atoms. The van der Waals surface area contributed by atoms with Crippen molar-refractivity contribution in [1.29, 1.82) is 0 Å². The van der Waals surface area contributed by atoms with Gasteiger partial charge in [-0.1, -0.05) is 54.6 Å². The smallest absolute Gasteiger partial charge is 0.223 e. The largest absolute Gasteiger partial charge is 0.262 e. The van der Waals surface area contributed by atoms with Crippen LogP contribution in [-0.4, -0.2) is 35.8 Å². The Morgan fingerprint density at radius 2 is 1.03 bits per heavy atom. The lowest BCUT2D eigenvalue weighted by atomic mass is 10.2. The third-order valence-electron chi connectivity index (χ3n) is 5.05. The average Bonchev–Trinajstić information content (AvgIpc) is 2.83. The predicted molar refractivity (Wildman–Crippen MR) is 147 cm³/mol. The Labute approximate surface area is 223 Å². The summed E-state index contributed by atoms with van der Waals surface area (Å²) in [6.45, 7) is 6.39. The normalized spacial score (nSPS) is 12.3. The first-order chi connectivity index (χ1) is 16.7. The molecule has 3 rings (SSSR count). The first-order valence-corrected chi connectivity index (χ1v) is 17.3. The van der Waals surface area contributed by atoms with Gasteiger partial charge in [0.15, 0.2) is 19.7 Å². The fourth-order valence-electron chi connectivity index (χ4n) is 2.93. The standard InChI is InChI=1S/C16H18O2S2.C9H11ClO4S2/c1-13(2)20(17,18)16-11-7-6-10-15(16)19-12-14-8-4-3-5-9-14;1-7(2)15(11,12)8-5-3-4-6-9(8)16(10,13)14/h3-11,13H,12H2,1-2H3;3-7H,1-2H3. The molecule has 0 fully saturated rings. The van der Waals surface area contributed by atoms with Crippen LogP contribution in [0.2, 0.25) is 0 Å². The maximum absolute atomic E-state index is 12.4. The van der Waals surface area contributed by atoms with Crippen molar-refractivity contribution >= 4 is 51.2 Å². The Bertz CT molecular complexity index is 1480. The van der Waals surface area contributed by atoms with Crippen LogP contribution in [0.15, 0.2) is 98.4 Å². The molecule has 0 aliphatic heterocycles. The van der Waals surface area contributed by atoms with E-state index in [1.165, 1.54) is 43.7 Å². The number of sulfone groups is 2. The van der Waals surface area contributed by atoms with Gasteiger partial charge >= 0.3 is 0 Å². The Kier molecular flexibility index (Phi) is 10.6. The highest BCUT2D eigenvalue weighted by molar-refractivity contribution is 8.14. The number of thioether (sulfide) groups is 1. The summed E-state index contributed by atoms with van der Waals surface area (Å²) in [6, 6.07) is 22.6. The lowest BCUT2D eigenvalue weighted by Crippen LogP contribution is -2.16. The fraction of sp³-hybridized carbons (Fsp3) is 0.280. The number of hydrogen-bond acceptors (Lipinski definition) is 7. The summed E-state index contributed by atoms with van der Waals surface area (Å²) < 4.78 is 70.9. The maximum Gasteiger partial charge on any atom is 0.262 e. The van der Waals surface area contributed by atoms with Gasteiger partial charge in [0.25, 0.3) is 9.05 Å². The van der Waals surface area contributed by atoms with Crippen LogP contribution >= 0.6 is 22.4 Å². The highest BCUT2D eigenvalue weighted by Gasteiger charge is 2.27. The molecule has 3 aromatic carbocycles. The van der Waals surface area contributed by atoms with E-state index in [0.717, 1.165) is 10.6 Å². The molecule has 0 radical (unpaired) electrons. The Hall–Kier alpha value is -1.85. The Morgan fingerprint density at radius 3 is 1.53 bits per heavy atom. The number of halogens is 1. The Morgan fingerprint density at radius 1 is 0.611 bits per heavy atom. The van der Waals surface area contributed by atoms with Crippen molar-refractivity contribution in [3.05, 3.63) is 84.4 Å². The van der Waals surface area contributed by atoms with Crippen molar-refractivity contribution in [2.24, 2.45) is 0 Å². The van der Waals surface area contributed by atoms with E-state index in [0.29, 0.717) is 4.90 Å². The van der Waals surface area contributed by atoms with Crippen LogP contribution < -0.4 is 0 Å². The number of benzene rings is 3. The van der Waals surface area contributed by atoms with E-state index in [-0.39, 0.29) is 9.79 Å². The zero-order chi connectivity index (χ0) is 27.1. The third kappa shape index (κ3) is 7.82. The second kappa shape index (κ2) is 12.6. The molecule has 36 heavy (non-hydrogen) atoms. The zero-order valence-corrected chi connectivity index (χ0v) is 24.3. The van der Waals surface area contributed by atoms with E-state index in [2.05, 4.69) is 0 Å². The molecule has 0 aliphatic rings. The lowest BCUT2D eigenvalue weighted by Gasteiger charge is -2.12. The Balaban J connectivity index is 0.000000261. The maximum atomic E-state index is 12.4. The molecule has 0 N–H and O–H groups in total. The summed E-state index contributed by atoms with van der Waals surface area (Å²) in [4.78, 5) is 0.645. The monoisotopic (exact) mass is 588 g/mol. The van der Waals surface area contributed by atoms with Crippen molar-refractivity contribution < 1.29 is 25.3 Å². The van der Waals surface area contributed by atoms with Gasteiger partial charge in [-0.05, 0) is 57.5 Å². The third-order valence-corrected chi connectivity index (χ3v) is 12.3. The van der Waals surface area contributed by atoms with E-state index in [9.17, 15) is 25.3 Å². The van der Waals surface area contributed by atoms with Gasteiger partial charge in [0.2, 0.25) is 0 Å². The SMILES string of the molecule is CC(C)S(=O)(=O)c1ccccc1S(=O)(=O)Cl.CC(C)S(=O)(=O)c1ccccc1SCc1ccccc1. The first-order valence-electron chi connectivity index (χ1n) is 11.0. The van der Waals surface area contributed by atoms with Gasteiger partial charge in [-0.3, -0.25) is 0 Å². The molecule has 196 valence electrons. The van der Waals surface area contributed by atoms with Gasteiger partial charge in [-0.15, -0.1) is 11.8 Å². The molecule has 6 nitrogen and oxygen atoms in total. The summed E-state index contributed by atoms with van der Waals surface area (Å²) in [5.41, 5.74) is 1.19. The molecule has 11 heteroatoms. The first kappa shape index (κ1) is 30.4. The van der Waals surface area contributed by atoms with Gasteiger partial charge in [0.05, 0.1) is 20.3 Å². The number of hydrogen-bond donors (Lipinski definition) is 0. The highest BCUT2D eigenvalue weighted by atomic mass is 35.7. The average molecular weight is 589 g/mol. The zero-order valence-electron chi connectivity index (χ0n) is 20.3. The summed E-state index contributed by atoms with van der Waals surface area (Å²) >= 11 is 1.57. The summed E-state index contributed by atoms with van der Waals surface area (Å²) in [5.74, 6) is 0.769. The van der Waals surface area contributed by atoms with Gasteiger partial charge in [-0.2, -0.15) is 0 Å². The van der Waals surface area contributed by atoms with Gasteiger partial charge in [0, 0.05) is 21.3 Å². The number of rotatable bonds is 8. The van der Waals surface area contributed by atoms with Crippen LogP contribution in [0.25, 0.3) is 0 Å². The van der Waals surface area contributed by atoms with Crippen LogP contribution in [0.4, 0.5) is 0 Å². The predicted octanol–water partition coefficient (Wildman–Crippen LogP) is 5.96. The van der Waals surface area contributed by atoms with E-state index in [4.69, 9.17) is 10.7 Å². The van der Waals surface area contributed by atoms with E-state index in [1.807, 2.05) is 42.5 Å². The van der Waals surface area contributed by atoms with Gasteiger partial charge < -0.3 is 0 Å². The molecule has 0 saturated carbocycles. The minimum absolute atomic E-state index is 0.250. The van der Waals surface area contributed by atoms with Crippen LogP contribution in [0.3, 0.4) is 0 Å². The molecule has 0 bridgehead atoms. The highest BCUT2D eigenvalue weighted by Crippen LogP contribution is 2.31. The second-order valence-corrected chi connectivity index (χ2v) is 16.8. The van der Waals surface area contributed by atoms with Crippen molar-refractivity contribution in [3.63, 3.8) is 0 Å². The van der Waals surface area contributed by atoms with Crippen molar-refractivity contribution in [2.75, 3.05) is 0 Å². The molecule has 0 saturated heterocycles. The molecule has 0 aliphatic carbocycles. The summed E-state index contributed by atoms with van der Waals surface area (Å²) in [6.07, 6.45) is 0. The molecule has 3 aromatic rings. The molecule has 0 atom stereocenters.